The molecule has 1 unspecified atom stereocenters. The Morgan fingerprint density at radius 3 is 2.30 bits per heavy atom. The molecule has 4 aromatic rings. The fourth-order valence-electron chi connectivity index (χ4n) is 3.99. The maximum Gasteiger partial charge on any atom is 0.270 e. The van der Waals surface area contributed by atoms with Crippen molar-refractivity contribution < 1.29 is 4.79 Å². The van der Waals surface area contributed by atoms with Crippen molar-refractivity contribution in [1.82, 2.24) is 14.9 Å². The Hall–Kier alpha value is -3.37. The van der Waals surface area contributed by atoms with Gasteiger partial charge >= 0.3 is 0 Å². The SMILES string of the molecule is CCn1c(-c2ccccc2)nc(-c2ccc(C)c(C)c2)c1C(=O)NC(C)c1ccc(Cl)cc1. The van der Waals surface area contributed by atoms with Gasteiger partial charge in [0.25, 0.3) is 5.91 Å². The van der Waals surface area contributed by atoms with E-state index in [2.05, 4.69) is 31.3 Å². The largest absolute Gasteiger partial charge is 0.344 e. The number of halogens is 1. The summed E-state index contributed by atoms with van der Waals surface area (Å²) >= 11 is 6.03. The van der Waals surface area contributed by atoms with Crippen LogP contribution in [0.15, 0.2) is 72.8 Å². The Morgan fingerprint density at radius 1 is 0.970 bits per heavy atom. The summed E-state index contributed by atoms with van der Waals surface area (Å²) in [5.74, 6) is 0.637. The van der Waals surface area contributed by atoms with Gasteiger partial charge in [0.1, 0.15) is 17.2 Å². The molecule has 0 spiro atoms. The fraction of sp³-hybridized carbons (Fsp3) is 0.214. The first-order valence-electron chi connectivity index (χ1n) is 11.2. The van der Waals surface area contributed by atoms with Crippen LogP contribution in [0.5, 0.6) is 0 Å². The van der Waals surface area contributed by atoms with Crippen LogP contribution in [0, 0.1) is 13.8 Å². The zero-order valence-corrected chi connectivity index (χ0v) is 20.1. The van der Waals surface area contributed by atoms with Gasteiger partial charge in [-0.1, -0.05) is 66.2 Å². The van der Waals surface area contributed by atoms with E-state index in [9.17, 15) is 4.79 Å². The van der Waals surface area contributed by atoms with Gasteiger partial charge in [0.15, 0.2) is 0 Å². The third-order valence-corrected chi connectivity index (χ3v) is 6.28. The minimum absolute atomic E-state index is 0.151. The second-order valence-electron chi connectivity index (χ2n) is 8.29. The summed E-state index contributed by atoms with van der Waals surface area (Å²) in [4.78, 5) is 18.7. The molecule has 0 aliphatic heterocycles. The molecule has 3 aromatic carbocycles. The molecule has 1 amide bonds. The number of nitrogens with zero attached hydrogens (tertiary/aromatic N) is 2. The van der Waals surface area contributed by atoms with Crippen LogP contribution in [0.1, 0.15) is 47.1 Å². The highest BCUT2D eigenvalue weighted by Gasteiger charge is 2.25. The van der Waals surface area contributed by atoms with Crippen LogP contribution in [0.3, 0.4) is 0 Å². The van der Waals surface area contributed by atoms with Crippen molar-refractivity contribution in [3.63, 3.8) is 0 Å². The van der Waals surface area contributed by atoms with Crippen LogP contribution in [0.25, 0.3) is 22.6 Å². The number of aromatic nitrogens is 2. The number of aryl methyl sites for hydroxylation is 2. The number of benzene rings is 3. The molecule has 4 nitrogen and oxygen atoms in total. The average Bonchev–Trinajstić information content (AvgIpc) is 3.21. The highest BCUT2D eigenvalue weighted by Crippen LogP contribution is 2.31. The summed E-state index contributed by atoms with van der Waals surface area (Å²) in [6.45, 7) is 8.80. The Kier molecular flexibility index (Phi) is 6.66. The van der Waals surface area contributed by atoms with Gasteiger partial charge in [-0.05, 0) is 62.6 Å². The molecule has 4 rings (SSSR count). The Labute approximate surface area is 200 Å². The van der Waals surface area contributed by atoms with Gasteiger partial charge in [-0.15, -0.1) is 0 Å². The molecule has 168 valence electrons. The molecule has 0 fully saturated rings. The number of rotatable bonds is 6. The lowest BCUT2D eigenvalue weighted by molar-refractivity contribution is 0.0931. The average molecular weight is 458 g/mol. The van der Waals surface area contributed by atoms with Crippen LogP contribution < -0.4 is 5.32 Å². The highest BCUT2D eigenvalue weighted by molar-refractivity contribution is 6.30. The highest BCUT2D eigenvalue weighted by atomic mass is 35.5. The first-order chi connectivity index (χ1) is 15.9. The van der Waals surface area contributed by atoms with Crippen LogP contribution in [-0.4, -0.2) is 15.5 Å². The zero-order valence-electron chi connectivity index (χ0n) is 19.4. The van der Waals surface area contributed by atoms with Gasteiger partial charge in [-0.25, -0.2) is 4.98 Å². The zero-order chi connectivity index (χ0) is 23.5. The summed E-state index contributed by atoms with van der Waals surface area (Å²) in [5.41, 5.74) is 6.55. The molecule has 0 aliphatic rings. The summed E-state index contributed by atoms with van der Waals surface area (Å²) in [7, 11) is 0. The number of amides is 1. The topological polar surface area (TPSA) is 46.9 Å². The van der Waals surface area contributed by atoms with E-state index in [1.807, 2.05) is 79.1 Å². The van der Waals surface area contributed by atoms with Crippen molar-refractivity contribution in [3.8, 4) is 22.6 Å². The van der Waals surface area contributed by atoms with E-state index >= 15 is 0 Å². The van der Waals surface area contributed by atoms with Crippen LogP contribution in [0.2, 0.25) is 5.02 Å². The van der Waals surface area contributed by atoms with E-state index in [0.717, 1.165) is 22.5 Å². The van der Waals surface area contributed by atoms with Gasteiger partial charge in [-0.2, -0.15) is 0 Å². The third kappa shape index (κ3) is 4.71. The monoisotopic (exact) mass is 457 g/mol. The van der Waals surface area contributed by atoms with E-state index < -0.39 is 0 Å². The molecule has 0 bridgehead atoms. The van der Waals surface area contributed by atoms with Crippen LogP contribution in [0.4, 0.5) is 0 Å². The smallest absolute Gasteiger partial charge is 0.270 e. The molecule has 0 aliphatic carbocycles. The number of carbonyl (C=O) groups excluding carboxylic acids is 1. The fourth-order valence-corrected chi connectivity index (χ4v) is 4.11. The quantitative estimate of drug-likeness (QED) is 0.339. The second-order valence-corrected chi connectivity index (χ2v) is 8.73. The lowest BCUT2D eigenvalue weighted by Gasteiger charge is -2.17. The Morgan fingerprint density at radius 2 is 1.67 bits per heavy atom. The van der Waals surface area contributed by atoms with Crippen LogP contribution in [-0.2, 0) is 6.54 Å². The number of hydrogen-bond donors (Lipinski definition) is 1. The van der Waals surface area contributed by atoms with Crippen LogP contribution >= 0.6 is 11.6 Å². The van der Waals surface area contributed by atoms with Crippen molar-refractivity contribution in [1.29, 1.82) is 0 Å². The van der Waals surface area contributed by atoms with Crippen molar-refractivity contribution in [2.45, 2.75) is 40.3 Å². The first-order valence-corrected chi connectivity index (χ1v) is 11.6. The van der Waals surface area contributed by atoms with E-state index in [1.54, 1.807) is 0 Å². The minimum atomic E-state index is -0.178. The molecule has 1 heterocycles. The maximum absolute atomic E-state index is 13.7. The Balaban J connectivity index is 1.82. The number of imidazole rings is 1. The first kappa shape index (κ1) is 22.8. The van der Waals surface area contributed by atoms with Gasteiger partial charge in [0.2, 0.25) is 0 Å². The summed E-state index contributed by atoms with van der Waals surface area (Å²) < 4.78 is 2.00. The second kappa shape index (κ2) is 9.63. The summed E-state index contributed by atoms with van der Waals surface area (Å²) in [6.07, 6.45) is 0. The normalized spacial score (nSPS) is 11.9. The van der Waals surface area contributed by atoms with Crippen molar-refractivity contribution >= 4 is 17.5 Å². The molecule has 1 aromatic heterocycles. The number of carbonyl (C=O) groups is 1. The Bertz CT molecular complexity index is 1280. The molecular weight excluding hydrogens is 430 g/mol. The van der Waals surface area contributed by atoms with Gasteiger partial charge in [0, 0.05) is 22.7 Å². The van der Waals surface area contributed by atoms with E-state index in [-0.39, 0.29) is 11.9 Å². The van der Waals surface area contributed by atoms with E-state index in [1.165, 1.54) is 11.1 Å². The number of nitrogens with one attached hydrogen (secondary N) is 1. The molecule has 0 saturated carbocycles. The molecule has 1 N–H and O–H groups in total. The van der Waals surface area contributed by atoms with E-state index in [0.29, 0.717) is 23.0 Å². The molecular formula is C28H28ClN3O. The standard InChI is InChI=1S/C28H28ClN3O/c1-5-32-26(28(33)30-20(4)21-13-15-24(29)16-14-21)25(23-12-11-18(2)19(3)17-23)31-27(32)22-9-7-6-8-10-22/h6-17,20H,5H2,1-4H3,(H,30,33). The third-order valence-electron chi connectivity index (χ3n) is 6.03. The molecule has 33 heavy (non-hydrogen) atoms. The lowest BCUT2D eigenvalue weighted by atomic mass is 10.0. The summed E-state index contributed by atoms with van der Waals surface area (Å²) in [6, 6.07) is 23.6. The predicted octanol–water partition coefficient (Wildman–Crippen LogP) is 7.00. The molecule has 0 radical (unpaired) electrons. The predicted molar refractivity (Wildman–Crippen MR) is 136 cm³/mol. The van der Waals surface area contributed by atoms with Gasteiger partial charge < -0.3 is 9.88 Å². The molecule has 5 heteroatoms. The molecule has 0 saturated heterocycles. The van der Waals surface area contributed by atoms with Crippen molar-refractivity contribution in [2.24, 2.45) is 0 Å². The van der Waals surface area contributed by atoms with Crippen molar-refractivity contribution in [3.05, 3.63) is 100 Å². The maximum atomic E-state index is 13.7. The lowest BCUT2D eigenvalue weighted by Crippen LogP contribution is -2.29. The number of hydrogen-bond acceptors (Lipinski definition) is 2. The van der Waals surface area contributed by atoms with Gasteiger partial charge in [-0.3, -0.25) is 4.79 Å². The summed E-state index contributed by atoms with van der Waals surface area (Å²) in [5, 5.41) is 3.84. The van der Waals surface area contributed by atoms with Gasteiger partial charge in [0.05, 0.1) is 6.04 Å². The minimum Gasteiger partial charge on any atom is -0.344 e. The van der Waals surface area contributed by atoms with Crippen molar-refractivity contribution in [2.75, 3.05) is 0 Å². The van der Waals surface area contributed by atoms with E-state index in [4.69, 9.17) is 16.6 Å². The molecule has 1 atom stereocenters.